The molecule has 2 amide bonds. The summed E-state index contributed by atoms with van der Waals surface area (Å²) < 4.78 is 23.0. The lowest BCUT2D eigenvalue weighted by molar-refractivity contribution is -0.121. The summed E-state index contributed by atoms with van der Waals surface area (Å²) in [6.45, 7) is 3.75. The molecule has 1 N–H and O–H groups in total. The Hall–Kier alpha value is -1.87. The first-order valence-electron chi connectivity index (χ1n) is 8.37. The number of nitrogens with one attached hydrogen (secondary N) is 1. The Morgan fingerprint density at radius 3 is 2.65 bits per heavy atom. The second-order valence-corrected chi connectivity index (χ2v) is 10.1. The highest BCUT2D eigenvalue weighted by Gasteiger charge is 2.33. The zero-order chi connectivity index (χ0) is 18.9. The highest BCUT2D eigenvalue weighted by Crippen LogP contribution is 2.26. The normalized spacial score (nSPS) is 23.0. The Labute approximate surface area is 157 Å². The van der Waals surface area contributed by atoms with Gasteiger partial charge in [-0.2, -0.15) is 0 Å². The first-order chi connectivity index (χ1) is 12.2. The SMILES string of the molecule is Cc1ccc(N2C(=O)CN=C2S[C@H](C)C(=O)N[C@@H]2CCS(=O)(=O)C2)cc1. The molecule has 2 heterocycles. The molecule has 3 rings (SSSR count). The van der Waals surface area contributed by atoms with Crippen molar-refractivity contribution < 1.29 is 18.0 Å². The van der Waals surface area contributed by atoms with Crippen LogP contribution in [0.2, 0.25) is 0 Å². The Balaban J connectivity index is 1.64. The van der Waals surface area contributed by atoms with Gasteiger partial charge in [0.2, 0.25) is 5.91 Å². The van der Waals surface area contributed by atoms with Crippen LogP contribution in [-0.2, 0) is 19.4 Å². The van der Waals surface area contributed by atoms with Crippen molar-refractivity contribution in [2.24, 2.45) is 4.99 Å². The van der Waals surface area contributed by atoms with E-state index in [-0.39, 0.29) is 35.9 Å². The third-order valence-electron chi connectivity index (χ3n) is 4.31. The van der Waals surface area contributed by atoms with E-state index in [2.05, 4.69) is 10.3 Å². The van der Waals surface area contributed by atoms with Gasteiger partial charge in [0, 0.05) is 6.04 Å². The van der Waals surface area contributed by atoms with Gasteiger partial charge in [-0.3, -0.25) is 19.5 Å². The summed E-state index contributed by atoms with van der Waals surface area (Å²) in [5, 5.41) is 2.78. The van der Waals surface area contributed by atoms with Crippen LogP contribution < -0.4 is 10.2 Å². The molecule has 1 saturated heterocycles. The number of aliphatic imine (C=N–C) groups is 1. The van der Waals surface area contributed by atoms with E-state index < -0.39 is 15.1 Å². The van der Waals surface area contributed by atoms with E-state index in [4.69, 9.17) is 0 Å². The average molecular weight is 396 g/mol. The van der Waals surface area contributed by atoms with Crippen molar-refractivity contribution in [3.8, 4) is 0 Å². The Bertz CT molecular complexity index is 849. The molecule has 2 aliphatic heterocycles. The maximum absolute atomic E-state index is 12.4. The molecule has 0 aliphatic carbocycles. The number of sulfone groups is 1. The number of rotatable bonds is 4. The summed E-state index contributed by atoms with van der Waals surface area (Å²) in [7, 11) is -3.04. The third-order valence-corrected chi connectivity index (χ3v) is 7.17. The Kier molecular flexibility index (Phi) is 5.38. The number of anilines is 1. The van der Waals surface area contributed by atoms with Gasteiger partial charge < -0.3 is 5.32 Å². The molecule has 0 radical (unpaired) electrons. The van der Waals surface area contributed by atoms with E-state index in [1.54, 1.807) is 6.92 Å². The number of benzene rings is 1. The van der Waals surface area contributed by atoms with E-state index in [0.717, 1.165) is 11.3 Å². The number of hydrogen-bond acceptors (Lipinski definition) is 6. The Morgan fingerprint density at radius 2 is 2.04 bits per heavy atom. The minimum Gasteiger partial charge on any atom is -0.351 e. The lowest BCUT2D eigenvalue weighted by Gasteiger charge is -2.21. The fourth-order valence-electron chi connectivity index (χ4n) is 2.86. The molecule has 0 bridgehead atoms. The highest BCUT2D eigenvalue weighted by molar-refractivity contribution is 8.15. The number of carbonyl (C=O) groups is 2. The third kappa shape index (κ3) is 4.27. The van der Waals surface area contributed by atoms with Gasteiger partial charge >= 0.3 is 0 Å². The molecule has 26 heavy (non-hydrogen) atoms. The minimum atomic E-state index is -3.04. The molecule has 9 heteroatoms. The van der Waals surface area contributed by atoms with Crippen LogP contribution in [0.1, 0.15) is 18.9 Å². The van der Waals surface area contributed by atoms with Crippen LogP contribution in [0.3, 0.4) is 0 Å². The molecule has 7 nitrogen and oxygen atoms in total. The van der Waals surface area contributed by atoms with Gasteiger partial charge in [0.05, 0.1) is 22.4 Å². The fraction of sp³-hybridized carbons (Fsp3) is 0.471. The van der Waals surface area contributed by atoms with E-state index in [1.165, 1.54) is 16.7 Å². The van der Waals surface area contributed by atoms with E-state index in [0.29, 0.717) is 11.6 Å². The van der Waals surface area contributed by atoms with Gasteiger partial charge in [-0.15, -0.1) is 0 Å². The first kappa shape index (κ1) is 18.9. The van der Waals surface area contributed by atoms with Crippen molar-refractivity contribution in [3.63, 3.8) is 0 Å². The minimum absolute atomic E-state index is 0.00888. The number of amides is 2. The lowest BCUT2D eigenvalue weighted by atomic mass is 10.2. The van der Waals surface area contributed by atoms with Crippen molar-refractivity contribution in [1.82, 2.24) is 5.32 Å². The average Bonchev–Trinajstić information content (AvgIpc) is 3.10. The van der Waals surface area contributed by atoms with Crippen LogP contribution in [0.4, 0.5) is 5.69 Å². The molecule has 0 spiro atoms. The topological polar surface area (TPSA) is 95.9 Å². The molecule has 140 valence electrons. The maximum Gasteiger partial charge on any atom is 0.254 e. The second kappa shape index (κ2) is 7.40. The van der Waals surface area contributed by atoms with Gasteiger partial charge in [-0.25, -0.2) is 8.42 Å². The monoisotopic (exact) mass is 395 g/mol. The molecule has 0 saturated carbocycles. The maximum atomic E-state index is 12.4. The number of carbonyl (C=O) groups excluding carboxylic acids is 2. The molecule has 1 fully saturated rings. The zero-order valence-electron chi connectivity index (χ0n) is 14.6. The number of thioether (sulfide) groups is 1. The smallest absolute Gasteiger partial charge is 0.254 e. The zero-order valence-corrected chi connectivity index (χ0v) is 16.3. The van der Waals surface area contributed by atoms with Crippen LogP contribution in [0.5, 0.6) is 0 Å². The van der Waals surface area contributed by atoms with Gasteiger partial charge in [-0.1, -0.05) is 29.5 Å². The predicted octanol–water partition coefficient (Wildman–Crippen LogP) is 1.12. The van der Waals surface area contributed by atoms with Crippen LogP contribution in [0.25, 0.3) is 0 Å². The molecular formula is C17H21N3O4S2. The Morgan fingerprint density at radius 1 is 1.35 bits per heavy atom. The largest absolute Gasteiger partial charge is 0.351 e. The van der Waals surface area contributed by atoms with Gasteiger partial charge in [-0.05, 0) is 32.4 Å². The molecule has 2 atom stereocenters. The van der Waals surface area contributed by atoms with Crippen LogP contribution in [0, 0.1) is 6.92 Å². The number of nitrogens with zero attached hydrogens (tertiary/aromatic N) is 2. The number of hydrogen-bond donors (Lipinski definition) is 1. The molecule has 0 aromatic heterocycles. The summed E-state index contributed by atoms with van der Waals surface area (Å²) in [6.07, 6.45) is 0.445. The summed E-state index contributed by atoms with van der Waals surface area (Å²) in [6, 6.07) is 7.20. The van der Waals surface area contributed by atoms with Crippen LogP contribution >= 0.6 is 11.8 Å². The fourth-order valence-corrected chi connectivity index (χ4v) is 5.48. The highest BCUT2D eigenvalue weighted by atomic mass is 32.2. The standard InChI is InChI=1S/C17H21N3O4S2/c1-11-3-5-14(6-4-11)20-15(21)9-18-17(20)25-12(2)16(22)19-13-7-8-26(23,24)10-13/h3-6,12-13H,7-10H2,1-2H3,(H,19,22)/t12-,13-/m1/s1. The number of amidine groups is 1. The van der Waals surface area contributed by atoms with Crippen LogP contribution in [-0.4, -0.2) is 54.7 Å². The molecule has 2 aliphatic rings. The summed E-state index contributed by atoms with van der Waals surface area (Å²) in [5.41, 5.74) is 1.81. The molecular weight excluding hydrogens is 374 g/mol. The quantitative estimate of drug-likeness (QED) is 0.824. The summed E-state index contributed by atoms with van der Waals surface area (Å²) in [5.74, 6) is -0.277. The van der Waals surface area contributed by atoms with Crippen molar-refractivity contribution in [3.05, 3.63) is 29.8 Å². The van der Waals surface area contributed by atoms with Crippen molar-refractivity contribution in [2.45, 2.75) is 31.6 Å². The van der Waals surface area contributed by atoms with Gasteiger partial charge in [0.1, 0.15) is 6.54 Å². The van der Waals surface area contributed by atoms with Gasteiger partial charge in [0.15, 0.2) is 15.0 Å². The summed E-state index contributed by atoms with van der Waals surface area (Å²) in [4.78, 5) is 30.4. The van der Waals surface area contributed by atoms with Crippen molar-refractivity contribution >= 4 is 44.3 Å². The lowest BCUT2D eigenvalue weighted by Crippen LogP contribution is -2.41. The molecule has 1 aromatic carbocycles. The predicted molar refractivity (Wildman–Crippen MR) is 103 cm³/mol. The van der Waals surface area contributed by atoms with E-state index in [1.807, 2.05) is 31.2 Å². The van der Waals surface area contributed by atoms with E-state index >= 15 is 0 Å². The number of aryl methyl sites for hydroxylation is 1. The van der Waals surface area contributed by atoms with E-state index in [9.17, 15) is 18.0 Å². The summed E-state index contributed by atoms with van der Waals surface area (Å²) >= 11 is 1.20. The van der Waals surface area contributed by atoms with Crippen molar-refractivity contribution in [2.75, 3.05) is 23.0 Å². The molecule has 0 unspecified atom stereocenters. The second-order valence-electron chi connectivity index (χ2n) is 6.53. The van der Waals surface area contributed by atoms with Crippen LogP contribution in [0.15, 0.2) is 29.3 Å². The molecule has 1 aromatic rings. The first-order valence-corrected chi connectivity index (χ1v) is 11.1. The van der Waals surface area contributed by atoms with Crippen molar-refractivity contribution in [1.29, 1.82) is 0 Å². The van der Waals surface area contributed by atoms with Gasteiger partial charge in [0.25, 0.3) is 5.91 Å².